The van der Waals surface area contributed by atoms with Crippen LogP contribution >= 0.6 is 15.9 Å². The summed E-state index contributed by atoms with van der Waals surface area (Å²) in [5.41, 5.74) is 0.899. The normalized spacial score (nSPS) is 12.1. The Morgan fingerprint density at radius 2 is 1.90 bits per heavy atom. The number of ether oxygens (including phenoxy) is 1. The Hall–Kier alpha value is -1.36. The van der Waals surface area contributed by atoms with E-state index >= 15 is 0 Å². The quantitative estimate of drug-likeness (QED) is 0.764. The summed E-state index contributed by atoms with van der Waals surface area (Å²) in [6.45, 7) is 1.78. The lowest BCUT2D eigenvalue weighted by atomic mass is 10.1. The standard InChI is InChI=1S/C16H18BrNO2/c17-14-6-4-5-13(11-14)16(19)12-18-9-10-20-15-7-2-1-3-8-15/h1-8,11,16,18-19H,9-10,12H2. The molecular weight excluding hydrogens is 318 g/mol. The highest BCUT2D eigenvalue weighted by molar-refractivity contribution is 9.10. The van der Waals surface area contributed by atoms with Crippen molar-refractivity contribution in [3.63, 3.8) is 0 Å². The Labute approximate surface area is 127 Å². The average Bonchev–Trinajstić information content (AvgIpc) is 2.48. The summed E-state index contributed by atoms with van der Waals surface area (Å²) in [7, 11) is 0. The Balaban J connectivity index is 1.66. The predicted octanol–water partition coefficient (Wildman–Crippen LogP) is 3.15. The maximum absolute atomic E-state index is 10.0. The summed E-state index contributed by atoms with van der Waals surface area (Å²) in [5, 5.41) is 13.2. The second kappa shape index (κ2) is 8.04. The zero-order valence-corrected chi connectivity index (χ0v) is 12.7. The summed E-state index contributed by atoms with van der Waals surface area (Å²) in [6, 6.07) is 17.4. The van der Waals surface area contributed by atoms with Crippen molar-refractivity contribution in [2.75, 3.05) is 19.7 Å². The van der Waals surface area contributed by atoms with Crippen LogP contribution in [-0.2, 0) is 0 Å². The molecule has 3 nitrogen and oxygen atoms in total. The van der Waals surface area contributed by atoms with Crippen molar-refractivity contribution in [3.05, 3.63) is 64.6 Å². The van der Waals surface area contributed by atoms with E-state index in [4.69, 9.17) is 4.74 Å². The maximum Gasteiger partial charge on any atom is 0.119 e. The number of para-hydroxylation sites is 1. The van der Waals surface area contributed by atoms with E-state index in [2.05, 4.69) is 21.2 Å². The Morgan fingerprint density at radius 3 is 2.65 bits per heavy atom. The van der Waals surface area contributed by atoms with E-state index in [1.54, 1.807) is 0 Å². The van der Waals surface area contributed by atoms with Crippen molar-refractivity contribution in [2.45, 2.75) is 6.10 Å². The average molecular weight is 336 g/mol. The molecule has 0 aromatic heterocycles. The van der Waals surface area contributed by atoms with Crippen LogP contribution in [0.1, 0.15) is 11.7 Å². The summed E-state index contributed by atoms with van der Waals surface area (Å²) in [5.74, 6) is 0.863. The summed E-state index contributed by atoms with van der Waals surface area (Å²) in [4.78, 5) is 0. The van der Waals surface area contributed by atoms with Crippen LogP contribution in [0.3, 0.4) is 0 Å². The molecule has 20 heavy (non-hydrogen) atoms. The van der Waals surface area contributed by atoms with Gasteiger partial charge in [0.1, 0.15) is 12.4 Å². The van der Waals surface area contributed by atoms with Crippen LogP contribution in [0.2, 0.25) is 0 Å². The lowest BCUT2D eigenvalue weighted by Crippen LogP contribution is -2.26. The monoisotopic (exact) mass is 335 g/mol. The zero-order chi connectivity index (χ0) is 14.2. The van der Waals surface area contributed by atoms with Crippen molar-refractivity contribution in [3.8, 4) is 5.75 Å². The number of nitrogens with one attached hydrogen (secondary N) is 1. The first-order valence-electron chi connectivity index (χ1n) is 6.58. The fourth-order valence-corrected chi connectivity index (χ4v) is 2.25. The van der Waals surface area contributed by atoms with Crippen LogP contribution in [0.5, 0.6) is 5.75 Å². The minimum absolute atomic E-state index is 0.509. The van der Waals surface area contributed by atoms with Gasteiger partial charge in [-0.2, -0.15) is 0 Å². The molecule has 0 heterocycles. The third-order valence-electron chi connectivity index (χ3n) is 2.86. The largest absolute Gasteiger partial charge is 0.492 e. The van der Waals surface area contributed by atoms with E-state index in [0.717, 1.165) is 15.8 Å². The Kier molecular flexibility index (Phi) is 6.05. The van der Waals surface area contributed by atoms with Gasteiger partial charge < -0.3 is 15.2 Å². The number of aliphatic hydroxyl groups is 1. The lowest BCUT2D eigenvalue weighted by Gasteiger charge is -2.13. The van der Waals surface area contributed by atoms with Gasteiger partial charge in [0.2, 0.25) is 0 Å². The molecule has 106 valence electrons. The minimum atomic E-state index is -0.510. The molecule has 1 atom stereocenters. The molecule has 0 aliphatic heterocycles. The van der Waals surface area contributed by atoms with Gasteiger partial charge in [-0.15, -0.1) is 0 Å². The van der Waals surface area contributed by atoms with Gasteiger partial charge >= 0.3 is 0 Å². The number of rotatable bonds is 7. The van der Waals surface area contributed by atoms with Crippen molar-refractivity contribution < 1.29 is 9.84 Å². The Morgan fingerprint density at radius 1 is 1.10 bits per heavy atom. The third kappa shape index (κ3) is 4.96. The first kappa shape index (κ1) is 15.0. The molecule has 2 aromatic rings. The second-order valence-electron chi connectivity index (χ2n) is 4.44. The van der Waals surface area contributed by atoms with E-state index in [9.17, 15) is 5.11 Å². The summed E-state index contributed by atoms with van der Waals surface area (Å²) >= 11 is 3.40. The highest BCUT2D eigenvalue weighted by Gasteiger charge is 2.06. The summed E-state index contributed by atoms with van der Waals surface area (Å²) < 4.78 is 6.53. The fourth-order valence-electron chi connectivity index (χ4n) is 1.83. The maximum atomic E-state index is 10.0. The zero-order valence-electron chi connectivity index (χ0n) is 11.1. The van der Waals surface area contributed by atoms with Gasteiger partial charge in [0.05, 0.1) is 6.10 Å². The van der Waals surface area contributed by atoms with E-state index in [0.29, 0.717) is 19.7 Å². The van der Waals surface area contributed by atoms with E-state index in [-0.39, 0.29) is 0 Å². The first-order chi connectivity index (χ1) is 9.75. The van der Waals surface area contributed by atoms with E-state index in [1.807, 2.05) is 54.6 Å². The smallest absolute Gasteiger partial charge is 0.119 e. The van der Waals surface area contributed by atoms with Gasteiger partial charge in [-0.05, 0) is 29.8 Å². The number of hydrogen-bond donors (Lipinski definition) is 2. The van der Waals surface area contributed by atoms with Crippen LogP contribution in [-0.4, -0.2) is 24.8 Å². The highest BCUT2D eigenvalue weighted by Crippen LogP contribution is 2.17. The number of hydrogen-bond acceptors (Lipinski definition) is 3. The molecule has 0 spiro atoms. The van der Waals surface area contributed by atoms with Crippen molar-refractivity contribution in [2.24, 2.45) is 0 Å². The third-order valence-corrected chi connectivity index (χ3v) is 3.36. The van der Waals surface area contributed by atoms with Gasteiger partial charge in [0.25, 0.3) is 0 Å². The van der Waals surface area contributed by atoms with Gasteiger partial charge in [0, 0.05) is 17.6 Å². The molecule has 0 saturated heterocycles. The summed E-state index contributed by atoms with van der Waals surface area (Å²) in [6.07, 6.45) is -0.510. The van der Waals surface area contributed by atoms with Crippen LogP contribution in [0, 0.1) is 0 Å². The molecule has 2 aromatic carbocycles. The van der Waals surface area contributed by atoms with E-state index < -0.39 is 6.10 Å². The number of halogens is 1. The van der Waals surface area contributed by atoms with Crippen LogP contribution < -0.4 is 10.1 Å². The van der Waals surface area contributed by atoms with Crippen LogP contribution in [0.15, 0.2) is 59.1 Å². The molecule has 4 heteroatoms. The molecule has 2 rings (SSSR count). The molecule has 0 fully saturated rings. The van der Waals surface area contributed by atoms with Crippen molar-refractivity contribution in [1.82, 2.24) is 5.32 Å². The lowest BCUT2D eigenvalue weighted by molar-refractivity contribution is 0.172. The first-order valence-corrected chi connectivity index (χ1v) is 7.37. The molecule has 1 unspecified atom stereocenters. The van der Waals surface area contributed by atoms with Gasteiger partial charge in [0.15, 0.2) is 0 Å². The van der Waals surface area contributed by atoms with Gasteiger partial charge in [-0.25, -0.2) is 0 Å². The van der Waals surface area contributed by atoms with Crippen molar-refractivity contribution in [1.29, 1.82) is 0 Å². The molecular formula is C16H18BrNO2. The van der Waals surface area contributed by atoms with Gasteiger partial charge in [-0.1, -0.05) is 46.3 Å². The molecule has 0 amide bonds. The molecule has 0 aliphatic carbocycles. The van der Waals surface area contributed by atoms with Crippen LogP contribution in [0.25, 0.3) is 0 Å². The van der Waals surface area contributed by atoms with Crippen molar-refractivity contribution >= 4 is 15.9 Å². The van der Waals surface area contributed by atoms with E-state index in [1.165, 1.54) is 0 Å². The second-order valence-corrected chi connectivity index (χ2v) is 5.35. The Bertz CT molecular complexity index is 519. The fraction of sp³-hybridized carbons (Fsp3) is 0.250. The SMILES string of the molecule is OC(CNCCOc1ccccc1)c1cccc(Br)c1. The minimum Gasteiger partial charge on any atom is -0.492 e. The van der Waals surface area contributed by atoms with Gasteiger partial charge in [-0.3, -0.25) is 0 Å². The number of benzene rings is 2. The molecule has 2 N–H and O–H groups in total. The van der Waals surface area contributed by atoms with Crippen LogP contribution in [0.4, 0.5) is 0 Å². The predicted molar refractivity (Wildman–Crippen MR) is 83.9 cm³/mol. The molecule has 0 radical (unpaired) electrons. The molecule has 0 aliphatic rings. The molecule has 0 bridgehead atoms. The topological polar surface area (TPSA) is 41.5 Å². The highest BCUT2D eigenvalue weighted by atomic mass is 79.9. The number of aliphatic hydroxyl groups excluding tert-OH is 1. The molecule has 0 saturated carbocycles.